The smallest absolute Gasteiger partial charge is 0.0476 e. The molecule has 0 amide bonds. The Kier molecular flexibility index (Phi) is 6.22. The predicted molar refractivity (Wildman–Crippen MR) is 63.9 cm³/mol. The van der Waals surface area contributed by atoms with Gasteiger partial charge in [-0.3, -0.25) is 0 Å². The first-order valence-electron chi connectivity index (χ1n) is 6.23. The highest BCUT2D eigenvalue weighted by molar-refractivity contribution is 4.83. The summed E-state index contributed by atoms with van der Waals surface area (Å²) in [6.45, 7) is 3.91. The van der Waals surface area contributed by atoms with Crippen LogP contribution >= 0.6 is 0 Å². The molecule has 0 spiro atoms. The van der Waals surface area contributed by atoms with Gasteiger partial charge in [0.05, 0.1) is 0 Å². The van der Waals surface area contributed by atoms with Gasteiger partial charge < -0.3 is 15.8 Å². The summed E-state index contributed by atoms with van der Waals surface area (Å²) in [7, 11) is 1.76. The zero-order valence-corrected chi connectivity index (χ0v) is 10.2. The number of nitrogens with two attached hydrogens (primary N) is 1. The molecule has 1 aliphatic rings. The quantitative estimate of drug-likeness (QED) is 0.705. The maximum atomic E-state index is 5.80. The standard InChI is InChI=1S/C12H26N2O/c1-10(7-8-15-2)14-12-6-4-3-5-11(12)9-13/h10-12,14H,3-9,13H2,1-2H3. The van der Waals surface area contributed by atoms with Crippen LogP contribution in [0.15, 0.2) is 0 Å². The van der Waals surface area contributed by atoms with Crippen molar-refractivity contribution in [2.75, 3.05) is 20.3 Å². The summed E-state index contributed by atoms with van der Waals surface area (Å²) in [6, 6.07) is 1.18. The summed E-state index contributed by atoms with van der Waals surface area (Å²) in [5, 5.41) is 3.69. The second kappa shape index (κ2) is 7.20. The first-order valence-corrected chi connectivity index (χ1v) is 6.23. The summed E-state index contributed by atoms with van der Waals surface area (Å²) < 4.78 is 5.09. The molecule has 1 rings (SSSR count). The van der Waals surface area contributed by atoms with Gasteiger partial charge in [-0.15, -0.1) is 0 Å². The number of hydrogen-bond donors (Lipinski definition) is 2. The van der Waals surface area contributed by atoms with E-state index in [9.17, 15) is 0 Å². The summed E-state index contributed by atoms with van der Waals surface area (Å²) in [6.07, 6.45) is 6.38. The van der Waals surface area contributed by atoms with Crippen molar-refractivity contribution in [1.82, 2.24) is 5.32 Å². The summed E-state index contributed by atoms with van der Waals surface area (Å²) in [5.74, 6) is 0.684. The largest absolute Gasteiger partial charge is 0.385 e. The van der Waals surface area contributed by atoms with Crippen LogP contribution in [-0.2, 0) is 4.74 Å². The minimum Gasteiger partial charge on any atom is -0.385 e. The molecule has 3 N–H and O–H groups in total. The average Bonchev–Trinajstić information content (AvgIpc) is 2.27. The van der Waals surface area contributed by atoms with Gasteiger partial charge in [0.15, 0.2) is 0 Å². The lowest BCUT2D eigenvalue weighted by atomic mass is 9.84. The Labute approximate surface area is 93.8 Å². The lowest BCUT2D eigenvalue weighted by Gasteiger charge is -2.33. The van der Waals surface area contributed by atoms with Crippen LogP contribution in [0.4, 0.5) is 0 Å². The second-order valence-electron chi connectivity index (χ2n) is 4.74. The highest BCUT2D eigenvalue weighted by atomic mass is 16.5. The minimum atomic E-state index is 0.544. The van der Waals surface area contributed by atoms with Crippen LogP contribution in [-0.4, -0.2) is 32.3 Å². The highest BCUT2D eigenvalue weighted by Crippen LogP contribution is 2.24. The average molecular weight is 214 g/mol. The lowest BCUT2D eigenvalue weighted by Crippen LogP contribution is -2.45. The molecule has 0 aliphatic heterocycles. The number of methoxy groups -OCH3 is 1. The highest BCUT2D eigenvalue weighted by Gasteiger charge is 2.24. The van der Waals surface area contributed by atoms with Crippen LogP contribution < -0.4 is 11.1 Å². The van der Waals surface area contributed by atoms with Crippen LogP contribution in [0.3, 0.4) is 0 Å². The molecule has 3 unspecified atom stereocenters. The molecule has 1 aliphatic carbocycles. The molecule has 0 bridgehead atoms. The Morgan fingerprint density at radius 3 is 2.80 bits per heavy atom. The van der Waals surface area contributed by atoms with E-state index in [1.807, 2.05) is 0 Å². The van der Waals surface area contributed by atoms with Gasteiger partial charge in [0.2, 0.25) is 0 Å². The first-order chi connectivity index (χ1) is 7.27. The normalized spacial score (nSPS) is 29.0. The molecule has 1 saturated carbocycles. The van der Waals surface area contributed by atoms with Crippen molar-refractivity contribution in [3.63, 3.8) is 0 Å². The van der Waals surface area contributed by atoms with E-state index in [1.54, 1.807) is 7.11 Å². The third-order valence-corrected chi connectivity index (χ3v) is 3.47. The van der Waals surface area contributed by atoms with Crippen molar-refractivity contribution in [1.29, 1.82) is 0 Å². The van der Waals surface area contributed by atoms with Crippen molar-refractivity contribution in [2.24, 2.45) is 11.7 Å². The van der Waals surface area contributed by atoms with E-state index in [0.717, 1.165) is 19.6 Å². The van der Waals surface area contributed by atoms with E-state index in [4.69, 9.17) is 10.5 Å². The molecule has 3 nitrogen and oxygen atoms in total. The Bertz CT molecular complexity index is 164. The van der Waals surface area contributed by atoms with Crippen LogP contribution in [0.5, 0.6) is 0 Å². The lowest BCUT2D eigenvalue weighted by molar-refractivity contribution is 0.174. The Hall–Kier alpha value is -0.120. The van der Waals surface area contributed by atoms with Crippen LogP contribution in [0.1, 0.15) is 39.0 Å². The van der Waals surface area contributed by atoms with Gasteiger partial charge in [0, 0.05) is 25.8 Å². The molecule has 3 atom stereocenters. The monoisotopic (exact) mass is 214 g/mol. The maximum Gasteiger partial charge on any atom is 0.0476 e. The van der Waals surface area contributed by atoms with Gasteiger partial charge in [-0.1, -0.05) is 12.8 Å². The summed E-state index contributed by atoms with van der Waals surface area (Å²) >= 11 is 0. The van der Waals surface area contributed by atoms with Crippen molar-refractivity contribution >= 4 is 0 Å². The minimum absolute atomic E-state index is 0.544. The van der Waals surface area contributed by atoms with Crippen LogP contribution in [0.25, 0.3) is 0 Å². The zero-order valence-electron chi connectivity index (χ0n) is 10.2. The van der Waals surface area contributed by atoms with E-state index in [1.165, 1.54) is 25.7 Å². The van der Waals surface area contributed by atoms with E-state index in [-0.39, 0.29) is 0 Å². The molecular formula is C12H26N2O. The van der Waals surface area contributed by atoms with Gasteiger partial charge in [-0.25, -0.2) is 0 Å². The van der Waals surface area contributed by atoms with E-state index in [0.29, 0.717) is 18.0 Å². The van der Waals surface area contributed by atoms with Crippen LogP contribution in [0, 0.1) is 5.92 Å². The third kappa shape index (κ3) is 4.49. The van der Waals surface area contributed by atoms with Crippen LogP contribution in [0.2, 0.25) is 0 Å². The molecular weight excluding hydrogens is 188 g/mol. The second-order valence-corrected chi connectivity index (χ2v) is 4.74. The van der Waals surface area contributed by atoms with E-state index < -0.39 is 0 Å². The molecule has 15 heavy (non-hydrogen) atoms. The topological polar surface area (TPSA) is 47.3 Å². The van der Waals surface area contributed by atoms with Gasteiger partial charge in [-0.2, -0.15) is 0 Å². The van der Waals surface area contributed by atoms with Crippen molar-refractivity contribution in [3.8, 4) is 0 Å². The van der Waals surface area contributed by atoms with E-state index >= 15 is 0 Å². The first kappa shape index (κ1) is 12.9. The molecule has 0 saturated heterocycles. The zero-order chi connectivity index (χ0) is 11.1. The Balaban J connectivity index is 2.27. The van der Waals surface area contributed by atoms with Gasteiger partial charge in [0.25, 0.3) is 0 Å². The van der Waals surface area contributed by atoms with Gasteiger partial charge in [-0.05, 0) is 38.6 Å². The molecule has 0 radical (unpaired) electrons. The Morgan fingerprint density at radius 1 is 1.40 bits per heavy atom. The van der Waals surface area contributed by atoms with Gasteiger partial charge >= 0.3 is 0 Å². The number of ether oxygens (including phenoxy) is 1. The Morgan fingerprint density at radius 2 is 2.13 bits per heavy atom. The van der Waals surface area contributed by atoms with Gasteiger partial charge in [0.1, 0.15) is 0 Å². The molecule has 0 aromatic heterocycles. The summed E-state index contributed by atoms with van der Waals surface area (Å²) in [5.41, 5.74) is 5.80. The van der Waals surface area contributed by atoms with Crippen molar-refractivity contribution < 1.29 is 4.74 Å². The summed E-state index contributed by atoms with van der Waals surface area (Å²) in [4.78, 5) is 0. The molecule has 3 heteroatoms. The number of rotatable bonds is 6. The SMILES string of the molecule is COCCC(C)NC1CCCCC1CN. The molecule has 0 aromatic carbocycles. The van der Waals surface area contributed by atoms with Crippen molar-refractivity contribution in [2.45, 2.75) is 51.1 Å². The molecule has 0 heterocycles. The van der Waals surface area contributed by atoms with Crippen molar-refractivity contribution in [3.05, 3.63) is 0 Å². The fraction of sp³-hybridized carbons (Fsp3) is 1.00. The fourth-order valence-electron chi connectivity index (χ4n) is 2.45. The number of nitrogens with one attached hydrogen (secondary N) is 1. The molecule has 0 aromatic rings. The molecule has 1 fully saturated rings. The number of hydrogen-bond acceptors (Lipinski definition) is 3. The molecule has 90 valence electrons. The third-order valence-electron chi connectivity index (χ3n) is 3.47. The van der Waals surface area contributed by atoms with E-state index in [2.05, 4.69) is 12.2 Å². The maximum absolute atomic E-state index is 5.80. The fourth-order valence-corrected chi connectivity index (χ4v) is 2.45. The predicted octanol–water partition coefficient (Wildman–Crippen LogP) is 1.52.